The highest BCUT2D eigenvalue weighted by molar-refractivity contribution is 6.31. The van der Waals surface area contributed by atoms with Gasteiger partial charge in [0.25, 0.3) is 5.91 Å². The Morgan fingerprint density at radius 2 is 1.85 bits per heavy atom. The first kappa shape index (κ1) is 18.7. The molecule has 1 fully saturated rings. The monoisotopic (exact) mass is 372 g/mol. The van der Waals surface area contributed by atoms with Crippen molar-refractivity contribution in [1.82, 2.24) is 10.2 Å². The lowest BCUT2D eigenvalue weighted by molar-refractivity contribution is -0.123. The number of benzene rings is 2. The number of carbonyl (C=O) groups excluding carboxylic acids is 1. The maximum atomic E-state index is 12.3. The van der Waals surface area contributed by atoms with Gasteiger partial charge in [-0.25, -0.2) is 0 Å². The average molecular weight is 373 g/mol. The Bertz CT molecular complexity index is 744. The highest BCUT2D eigenvalue weighted by atomic mass is 35.5. The fourth-order valence-corrected chi connectivity index (χ4v) is 3.62. The van der Waals surface area contributed by atoms with E-state index in [0.29, 0.717) is 6.54 Å². The van der Waals surface area contributed by atoms with Crippen LogP contribution in [0.3, 0.4) is 0 Å². The van der Waals surface area contributed by atoms with Gasteiger partial charge in [-0.3, -0.25) is 9.69 Å². The van der Waals surface area contributed by atoms with Crippen molar-refractivity contribution in [3.63, 3.8) is 0 Å². The maximum Gasteiger partial charge on any atom is 0.258 e. The van der Waals surface area contributed by atoms with E-state index < -0.39 is 0 Å². The van der Waals surface area contributed by atoms with E-state index in [2.05, 4.69) is 10.2 Å². The van der Waals surface area contributed by atoms with Gasteiger partial charge in [0, 0.05) is 11.6 Å². The number of halogens is 1. The van der Waals surface area contributed by atoms with Gasteiger partial charge in [0.05, 0.1) is 6.04 Å². The fraction of sp³-hybridized carbons (Fsp3) is 0.381. The van der Waals surface area contributed by atoms with E-state index in [9.17, 15) is 4.79 Å². The number of para-hydroxylation sites is 1. The van der Waals surface area contributed by atoms with E-state index in [4.69, 9.17) is 16.3 Å². The third-order valence-electron chi connectivity index (χ3n) is 4.79. The van der Waals surface area contributed by atoms with Crippen molar-refractivity contribution in [2.24, 2.45) is 0 Å². The fourth-order valence-electron chi connectivity index (χ4n) is 3.36. The predicted octanol–water partition coefficient (Wildman–Crippen LogP) is 3.98. The third kappa shape index (κ3) is 4.77. The van der Waals surface area contributed by atoms with Crippen LogP contribution in [0.25, 0.3) is 0 Å². The highest BCUT2D eigenvalue weighted by Crippen LogP contribution is 2.29. The molecule has 5 heteroatoms. The molecule has 0 radical (unpaired) electrons. The summed E-state index contributed by atoms with van der Waals surface area (Å²) in [5.74, 6) is 0.620. The first-order valence-corrected chi connectivity index (χ1v) is 9.46. The number of likely N-dealkylation sites (tertiary alicyclic amines) is 1. The summed E-state index contributed by atoms with van der Waals surface area (Å²) in [7, 11) is 0. The summed E-state index contributed by atoms with van der Waals surface area (Å²) in [6, 6.07) is 15.7. The molecule has 0 saturated carbocycles. The SMILES string of the molecule is Cc1ccccc1OCC(=O)NCC(c1ccccc1Cl)N1CCCC1. The summed E-state index contributed by atoms with van der Waals surface area (Å²) in [5, 5.41) is 3.76. The van der Waals surface area contributed by atoms with Gasteiger partial charge in [-0.05, 0) is 56.1 Å². The third-order valence-corrected chi connectivity index (χ3v) is 5.13. The van der Waals surface area contributed by atoms with Gasteiger partial charge in [-0.15, -0.1) is 0 Å². The number of hydrogen-bond donors (Lipinski definition) is 1. The van der Waals surface area contributed by atoms with Gasteiger partial charge in [-0.1, -0.05) is 48.0 Å². The van der Waals surface area contributed by atoms with Crippen LogP contribution >= 0.6 is 11.6 Å². The molecule has 0 spiro atoms. The van der Waals surface area contributed by atoms with Gasteiger partial charge >= 0.3 is 0 Å². The standard InChI is InChI=1S/C21H25ClN2O2/c1-16-8-2-5-11-20(16)26-15-21(25)23-14-19(24-12-6-7-13-24)17-9-3-4-10-18(17)22/h2-5,8-11,19H,6-7,12-15H2,1H3,(H,23,25). The van der Waals surface area contributed by atoms with Crippen LogP contribution in [-0.4, -0.2) is 37.0 Å². The summed E-state index contributed by atoms with van der Waals surface area (Å²) < 4.78 is 5.63. The quantitative estimate of drug-likeness (QED) is 0.799. The second kappa shape index (κ2) is 9.06. The zero-order valence-corrected chi connectivity index (χ0v) is 15.8. The molecule has 1 N–H and O–H groups in total. The van der Waals surface area contributed by atoms with E-state index in [1.165, 1.54) is 12.8 Å². The van der Waals surface area contributed by atoms with Crippen molar-refractivity contribution in [1.29, 1.82) is 0 Å². The Hall–Kier alpha value is -2.04. The van der Waals surface area contributed by atoms with Crippen molar-refractivity contribution in [3.8, 4) is 5.75 Å². The number of amides is 1. The minimum Gasteiger partial charge on any atom is -0.484 e. The molecule has 1 amide bonds. The second-order valence-electron chi connectivity index (χ2n) is 6.64. The lowest BCUT2D eigenvalue weighted by Gasteiger charge is -2.29. The van der Waals surface area contributed by atoms with E-state index in [0.717, 1.165) is 35.0 Å². The first-order chi connectivity index (χ1) is 12.6. The van der Waals surface area contributed by atoms with Crippen LogP contribution in [0.4, 0.5) is 0 Å². The Balaban J connectivity index is 1.60. The van der Waals surface area contributed by atoms with Crippen LogP contribution < -0.4 is 10.1 Å². The number of hydrogen-bond acceptors (Lipinski definition) is 3. The van der Waals surface area contributed by atoms with Crippen LogP contribution in [0.15, 0.2) is 48.5 Å². The summed E-state index contributed by atoms with van der Waals surface area (Å²) >= 11 is 6.41. The van der Waals surface area contributed by atoms with Crippen molar-refractivity contribution >= 4 is 17.5 Å². The number of nitrogens with zero attached hydrogens (tertiary/aromatic N) is 1. The van der Waals surface area contributed by atoms with Gasteiger partial charge in [0.1, 0.15) is 5.75 Å². The van der Waals surface area contributed by atoms with Crippen molar-refractivity contribution in [2.75, 3.05) is 26.2 Å². The molecule has 3 rings (SSSR count). The van der Waals surface area contributed by atoms with Crippen molar-refractivity contribution < 1.29 is 9.53 Å². The summed E-state index contributed by atoms with van der Waals surface area (Å²) in [5.41, 5.74) is 2.09. The lowest BCUT2D eigenvalue weighted by atomic mass is 10.1. The molecule has 26 heavy (non-hydrogen) atoms. The predicted molar refractivity (Wildman–Crippen MR) is 105 cm³/mol. The largest absolute Gasteiger partial charge is 0.484 e. The van der Waals surface area contributed by atoms with Crippen LogP contribution in [0, 0.1) is 6.92 Å². The highest BCUT2D eigenvalue weighted by Gasteiger charge is 2.25. The molecule has 1 saturated heterocycles. The van der Waals surface area contributed by atoms with Gasteiger partial charge in [0.15, 0.2) is 6.61 Å². The average Bonchev–Trinajstić information content (AvgIpc) is 3.17. The molecular weight excluding hydrogens is 348 g/mol. The Kier molecular flexibility index (Phi) is 6.53. The molecule has 2 aromatic rings. The number of rotatable bonds is 7. The number of nitrogens with one attached hydrogen (secondary N) is 1. The molecule has 1 aliphatic heterocycles. The number of ether oxygens (including phenoxy) is 1. The molecule has 1 atom stereocenters. The minimum absolute atomic E-state index is 0.0140. The van der Waals surface area contributed by atoms with Crippen LogP contribution in [0.5, 0.6) is 5.75 Å². The molecule has 2 aromatic carbocycles. The molecule has 0 bridgehead atoms. The van der Waals surface area contributed by atoms with Crippen LogP contribution in [0.2, 0.25) is 5.02 Å². The summed E-state index contributed by atoms with van der Waals surface area (Å²) in [4.78, 5) is 14.7. The smallest absolute Gasteiger partial charge is 0.258 e. The normalized spacial score (nSPS) is 15.6. The summed E-state index contributed by atoms with van der Waals surface area (Å²) in [6.07, 6.45) is 2.37. The Labute approximate surface area is 160 Å². The zero-order chi connectivity index (χ0) is 18.4. The Morgan fingerprint density at radius 1 is 1.15 bits per heavy atom. The molecule has 0 aromatic heterocycles. The molecule has 1 aliphatic rings. The maximum absolute atomic E-state index is 12.3. The number of aryl methyl sites for hydroxylation is 1. The van der Waals surface area contributed by atoms with E-state index >= 15 is 0 Å². The Morgan fingerprint density at radius 3 is 2.58 bits per heavy atom. The molecule has 4 nitrogen and oxygen atoms in total. The first-order valence-electron chi connectivity index (χ1n) is 9.09. The van der Waals surface area contributed by atoms with Gasteiger partial charge in [-0.2, -0.15) is 0 Å². The van der Waals surface area contributed by atoms with Gasteiger partial charge < -0.3 is 10.1 Å². The molecule has 1 unspecified atom stereocenters. The second-order valence-corrected chi connectivity index (χ2v) is 7.05. The number of carbonyl (C=O) groups is 1. The topological polar surface area (TPSA) is 41.6 Å². The van der Waals surface area contributed by atoms with Gasteiger partial charge in [0.2, 0.25) is 0 Å². The van der Waals surface area contributed by atoms with Crippen molar-refractivity contribution in [3.05, 3.63) is 64.7 Å². The molecule has 138 valence electrons. The summed E-state index contributed by atoms with van der Waals surface area (Å²) in [6.45, 7) is 4.57. The van der Waals surface area contributed by atoms with Crippen LogP contribution in [-0.2, 0) is 4.79 Å². The van der Waals surface area contributed by atoms with E-state index in [1.54, 1.807) is 0 Å². The van der Waals surface area contributed by atoms with Crippen molar-refractivity contribution in [2.45, 2.75) is 25.8 Å². The molecule has 1 heterocycles. The lowest BCUT2D eigenvalue weighted by Crippen LogP contribution is -2.38. The zero-order valence-electron chi connectivity index (χ0n) is 15.1. The van der Waals surface area contributed by atoms with Crippen LogP contribution in [0.1, 0.15) is 30.0 Å². The minimum atomic E-state index is -0.121. The molecule has 0 aliphatic carbocycles. The molecular formula is C21H25ClN2O2. The van der Waals surface area contributed by atoms with E-state index in [-0.39, 0.29) is 18.6 Å². The van der Waals surface area contributed by atoms with E-state index in [1.807, 2.05) is 55.5 Å².